The molecule has 0 aliphatic carbocycles. The van der Waals surface area contributed by atoms with E-state index in [-0.39, 0.29) is 5.56 Å². The first-order chi connectivity index (χ1) is 11.2. The fourth-order valence-corrected chi connectivity index (χ4v) is 2.43. The normalized spacial score (nSPS) is 10.3. The van der Waals surface area contributed by atoms with Gasteiger partial charge in [-0.15, -0.1) is 0 Å². The van der Waals surface area contributed by atoms with E-state index in [1.165, 1.54) is 0 Å². The van der Waals surface area contributed by atoms with Crippen LogP contribution in [0.2, 0.25) is 5.02 Å². The quantitative estimate of drug-likeness (QED) is 0.585. The lowest BCUT2D eigenvalue weighted by molar-refractivity contribution is -0.394. The smallest absolute Gasteiger partial charge is 0.295 e. The summed E-state index contributed by atoms with van der Waals surface area (Å²) in [6, 6.07) is 6.60. The van der Waals surface area contributed by atoms with Crippen molar-refractivity contribution in [3.8, 4) is 0 Å². The highest BCUT2D eigenvalue weighted by Crippen LogP contribution is 2.33. The van der Waals surface area contributed by atoms with Crippen LogP contribution in [0.15, 0.2) is 34.8 Å². The summed E-state index contributed by atoms with van der Waals surface area (Å²) in [5, 5.41) is 23.9. The minimum absolute atomic E-state index is 0.349. The molecule has 0 spiro atoms. The number of halogens is 2. The second-order valence-corrected chi connectivity index (χ2v) is 5.99. The molecule has 1 amide bonds. The second kappa shape index (κ2) is 6.93. The topological polar surface area (TPSA) is 115 Å². The maximum atomic E-state index is 12.3. The highest BCUT2D eigenvalue weighted by molar-refractivity contribution is 9.10. The lowest BCUT2D eigenvalue weighted by Gasteiger charge is -2.08. The van der Waals surface area contributed by atoms with Crippen LogP contribution in [-0.4, -0.2) is 15.8 Å². The zero-order chi connectivity index (χ0) is 18.0. The van der Waals surface area contributed by atoms with Crippen molar-refractivity contribution >= 4 is 50.5 Å². The van der Waals surface area contributed by atoms with Crippen LogP contribution >= 0.6 is 27.5 Å². The van der Waals surface area contributed by atoms with Crippen LogP contribution < -0.4 is 5.32 Å². The SMILES string of the molecule is Cc1cc(NC(=O)c2cc([N+](=O)[O-])cc([N+](=O)[O-])c2Cl)ccc1Br. The van der Waals surface area contributed by atoms with Crippen molar-refractivity contribution in [2.45, 2.75) is 6.92 Å². The number of carbonyl (C=O) groups is 1. The van der Waals surface area contributed by atoms with Gasteiger partial charge in [0.1, 0.15) is 5.02 Å². The van der Waals surface area contributed by atoms with E-state index >= 15 is 0 Å². The van der Waals surface area contributed by atoms with E-state index in [0.29, 0.717) is 11.8 Å². The van der Waals surface area contributed by atoms with Gasteiger partial charge in [-0.05, 0) is 30.7 Å². The summed E-state index contributed by atoms with van der Waals surface area (Å²) in [5.74, 6) is -0.784. The summed E-state index contributed by atoms with van der Waals surface area (Å²) < 4.78 is 0.838. The molecule has 0 bridgehead atoms. The molecule has 0 unspecified atom stereocenters. The van der Waals surface area contributed by atoms with E-state index in [1.807, 2.05) is 6.92 Å². The van der Waals surface area contributed by atoms with Crippen LogP contribution in [-0.2, 0) is 0 Å². The number of non-ortho nitro benzene ring substituents is 1. The Morgan fingerprint density at radius 3 is 2.38 bits per heavy atom. The van der Waals surface area contributed by atoms with E-state index in [9.17, 15) is 25.0 Å². The van der Waals surface area contributed by atoms with E-state index in [0.717, 1.165) is 16.1 Å². The molecule has 1 N–H and O–H groups in total. The van der Waals surface area contributed by atoms with Gasteiger partial charge in [-0.25, -0.2) is 0 Å². The van der Waals surface area contributed by atoms with Gasteiger partial charge in [-0.1, -0.05) is 27.5 Å². The Morgan fingerprint density at radius 2 is 1.83 bits per heavy atom. The molecule has 2 aromatic rings. The van der Waals surface area contributed by atoms with E-state index < -0.39 is 32.2 Å². The minimum atomic E-state index is -0.879. The van der Waals surface area contributed by atoms with Gasteiger partial charge in [-0.3, -0.25) is 25.0 Å². The molecule has 0 atom stereocenters. The molecule has 0 saturated heterocycles. The van der Waals surface area contributed by atoms with Crippen molar-refractivity contribution in [3.63, 3.8) is 0 Å². The Morgan fingerprint density at radius 1 is 1.17 bits per heavy atom. The second-order valence-electron chi connectivity index (χ2n) is 4.76. The van der Waals surface area contributed by atoms with E-state index in [4.69, 9.17) is 11.6 Å². The summed E-state index contributed by atoms with van der Waals surface area (Å²) in [6.45, 7) is 1.81. The van der Waals surface area contributed by atoms with Gasteiger partial charge in [0, 0.05) is 16.2 Å². The molecule has 0 heterocycles. The third-order valence-corrected chi connectivity index (χ3v) is 4.39. The molecule has 8 nitrogen and oxygen atoms in total. The highest BCUT2D eigenvalue weighted by atomic mass is 79.9. The molecule has 0 aliphatic rings. The first kappa shape index (κ1) is 17.8. The van der Waals surface area contributed by atoms with Gasteiger partial charge in [-0.2, -0.15) is 0 Å². The summed E-state index contributed by atoms with van der Waals surface area (Å²) in [4.78, 5) is 32.5. The number of benzene rings is 2. The molecule has 10 heteroatoms. The zero-order valence-corrected chi connectivity index (χ0v) is 14.4. The number of nitro groups is 2. The summed E-state index contributed by atoms with van der Waals surface area (Å²) >= 11 is 9.18. The molecule has 124 valence electrons. The number of nitrogens with one attached hydrogen (secondary N) is 1. The average Bonchev–Trinajstić information content (AvgIpc) is 2.50. The number of hydrogen-bond donors (Lipinski definition) is 1. The van der Waals surface area contributed by atoms with Gasteiger partial charge in [0.25, 0.3) is 17.3 Å². The number of hydrogen-bond acceptors (Lipinski definition) is 5. The molecule has 0 fully saturated rings. The summed E-state index contributed by atoms with van der Waals surface area (Å²) in [5.41, 5.74) is -0.376. The first-order valence-corrected chi connectivity index (χ1v) is 7.57. The van der Waals surface area contributed by atoms with Crippen LogP contribution in [0.5, 0.6) is 0 Å². The maximum absolute atomic E-state index is 12.3. The maximum Gasteiger partial charge on any atom is 0.295 e. The van der Waals surface area contributed by atoms with Crippen LogP contribution in [0, 0.1) is 27.2 Å². The Labute approximate surface area is 148 Å². The predicted octanol–water partition coefficient (Wildman–Crippen LogP) is 4.48. The van der Waals surface area contributed by atoms with Crippen molar-refractivity contribution in [1.82, 2.24) is 0 Å². The Balaban J connectivity index is 2.46. The largest absolute Gasteiger partial charge is 0.322 e. The van der Waals surface area contributed by atoms with E-state index in [1.54, 1.807) is 18.2 Å². The molecular weight excluding hydrogens is 406 g/mol. The lowest BCUT2D eigenvalue weighted by Crippen LogP contribution is -2.13. The fourth-order valence-electron chi connectivity index (χ4n) is 1.92. The van der Waals surface area contributed by atoms with Gasteiger partial charge >= 0.3 is 0 Å². The summed E-state index contributed by atoms with van der Waals surface area (Å²) in [7, 11) is 0. The minimum Gasteiger partial charge on any atom is -0.322 e. The molecule has 0 radical (unpaired) electrons. The van der Waals surface area contributed by atoms with Crippen LogP contribution in [0.4, 0.5) is 17.1 Å². The standard InChI is InChI=1S/C14H9BrClN3O5/c1-7-4-8(2-3-11(7)15)17-14(20)10-5-9(18(21)22)6-12(13(10)16)19(23)24/h2-6H,1H3,(H,17,20). The van der Waals surface area contributed by atoms with Gasteiger partial charge in [0.05, 0.1) is 21.5 Å². The highest BCUT2D eigenvalue weighted by Gasteiger charge is 2.26. The van der Waals surface area contributed by atoms with Gasteiger partial charge < -0.3 is 5.32 Å². The fraction of sp³-hybridized carbons (Fsp3) is 0.0714. The molecule has 0 saturated carbocycles. The number of amides is 1. The zero-order valence-electron chi connectivity index (χ0n) is 12.1. The third kappa shape index (κ3) is 3.69. The molecular formula is C14H9BrClN3O5. The Bertz CT molecular complexity index is 872. The Kier molecular flexibility index (Phi) is 5.15. The van der Waals surface area contributed by atoms with Crippen molar-refractivity contribution in [2.75, 3.05) is 5.32 Å². The van der Waals surface area contributed by atoms with Crippen molar-refractivity contribution < 1.29 is 14.6 Å². The molecule has 0 aliphatic heterocycles. The molecule has 0 aromatic heterocycles. The van der Waals surface area contributed by atoms with Crippen molar-refractivity contribution in [3.05, 3.63) is 71.2 Å². The monoisotopic (exact) mass is 413 g/mol. The van der Waals surface area contributed by atoms with Crippen molar-refractivity contribution in [1.29, 1.82) is 0 Å². The molecule has 24 heavy (non-hydrogen) atoms. The number of aryl methyl sites for hydroxylation is 1. The third-order valence-electron chi connectivity index (χ3n) is 3.11. The average molecular weight is 415 g/mol. The van der Waals surface area contributed by atoms with Crippen LogP contribution in [0.3, 0.4) is 0 Å². The number of anilines is 1. The van der Waals surface area contributed by atoms with Gasteiger partial charge in [0.2, 0.25) is 0 Å². The van der Waals surface area contributed by atoms with Crippen LogP contribution in [0.25, 0.3) is 0 Å². The Hall–Kier alpha value is -2.52. The number of rotatable bonds is 4. The molecule has 2 rings (SSSR count). The number of nitrogens with zero attached hydrogens (tertiary/aromatic N) is 2. The lowest BCUT2D eigenvalue weighted by atomic mass is 10.1. The van der Waals surface area contributed by atoms with Crippen LogP contribution in [0.1, 0.15) is 15.9 Å². The number of nitro benzene ring substituents is 2. The summed E-state index contributed by atoms with van der Waals surface area (Å²) in [6.07, 6.45) is 0. The van der Waals surface area contributed by atoms with Gasteiger partial charge in [0.15, 0.2) is 0 Å². The van der Waals surface area contributed by atoms with E-state index in [2.05, 4.69) is 21.2 Å². The first-order valence-electron chi connectivity index (χ1n) is 6.40. The number of carbonyl (C=O) groups excluding carboxylic acids is 1. The van der Waals surface area contributed by atoms with Crippen molar-refractivity contribution in [2.24, 2.45) is 0 Å². The predicted molar refractivity (Wildman–Crippen MR) is 91.6 cm³/mol. The molecule has 2 aromatic carbocycles.